The number of hydrogen-bond donors (Lipinski definition) is 1. The number of fused-ring (bicyclic) bond motifs is 1. The molecule has 3 rings (SSSR count). The standard InChI is InChI=1S/C15H20FN3/c1-10(2)19-13-6-5-11(16)9-12(13)18-14(19)15(17)7-3-4-8-15/h5-6,9-10H,3-4,7-8,17H2,1-2H3. The second kappa shape index (κ2) is 4.30. The van der Waals surface area contributed by atoms with Gasteiger partial charge in [-0.15, -0.1) is 0 Å². The third kappa shape index (κ3) is 1.94. The maximum atomic E-state index is 13.4. The Morgan fingerprint density at radius 2 is 2.00 bits per heavy atom. The van der Waals surface area contributed by atoms with Crippen molar-refractivity contribution in [1.29, 1.82) is 0 Å². The summed E-state index contributed by atoms with van der Waals surface area (Å²) in [5, 5.41) is 0. The van der Waals surface area contributed by atoms with Crippen LogP contribution in [0.25, 0.3) is 11.0 Å². The van der Waals surface area contributed by atoms with Crippen LogP contribution in [0.1, 0.15) is 51.4 Å². The Bertz CT molecular complexity index is 609. The molecule has 1 aromatic heterocycles. The molecule has 1 heterocycles. The number of halogens is 1. The molecule has 0 bridgehead atoms. The predicted octanol–water partition coefficient (Wildman–Crippen LogP) is 3.48. The van der Waals surface area contributed by atoms with Gasteiger partial charge in [-0.1, -0.05) is 12.8 Å². The summed E-state index contributed by atoms with van der Waals surface area (Å²) < 4.78 is 15.5. The highest BCUT2D eigenvalue weighted by molar-refractivity contribution is 5.76. The third-order valence-corrected chi connectivity index (χ3v) is 4.11. The Morgan fingerprint density at radius 3 is 2.63 bits per heavy atom. The highest BCUT2D eigenvalue weighted by Crippen LogP contribution is 2.38. The van der Waals surface area contributed by atoms with Crippen molar-refractivity contribution in [2.24, 2.45) is 5.73 Å². The van der Waals surface area contributed by atoms with Gasteiger partial charge in [0.05, 0.1) is 16.6 Å². The summed E-state index contributed by atoms with van der Waals surface area (Å²) in [5.41, 5.74) is 7.88. The van der Waals surface area contributed by atoms with Gasteiger partial charge in [-0.3, -0.25) is 0 Å². The second-order valence-electron chi connectivity index (χ2n) is 5.90. The van der Waals surface area contributed by atoms with E-state index < -0.39 is 0 Å². The van der Waals surface area contributed by atoms with Gasteiger partial charge in [0.25, 0.3) is 0 Å². The predicted molar refractivity (Wildman–Crippen MR) is 74.4 cm³/mol. The van der Waals surface area contributed by atoms with Gasteiger partial charge in [-0.2, -0.15) is 0 Å². The van der Waals surface area contributed by atoms with Crippen molar-refractivity contribution in [3.8, 4) is 0 Å². The summed E-state index contributed by atoms with van der Waals surface area (Å²) in [6.45, 7) is 4.23. The average molecular weight is 261 g/mol. The first kappa shape index (κ1) is 12.6. The molecule has 3 nitrogen and oxygen atoms in total. The van der Waals surface area contributed by atoms with E-state index >= 15 is 0 Å². The molecule has 0 atom stereocenters. The van der Waals surface area contributed by atoms with Crippen molar-refractivity contribution < 1.29 is 4.39 Å². The maximum absolute atomic E-state index is 13.4. The van der Waals surface area contributed by atoms with Gasteiger partial charge in [0.1, 0.15) is 11.6 Å². The molecule has 1 fully saturated rings. The number of imidazole rings is 1. The highest BCUT2D eigenvalue weighted by Gasteiger charge is 2.36. The van der Waals surface area contributed by atoms with Crippen LogP contribution in [0.15, 0.2) is 18.2 Å². The second-order valence-corrected chi connectivity index (χ2v) is 5.90. The molecule has 1 aromatic carbocycles. The van der Waals surface area contributed by atoms with Gasteiger partial charge in [0.15, 0.2) is 0 Å². The Kier molecular flexibility index (Phi) is 2.86. The Hall–Kier alpha value is -1.42. The van der Waals surface area contributed by atoms with E-state index in [9.17, 15) is 4.39 Å². The zero-order valence-corrected chi connectivity index (χ0v) is 11.5. The fourth-order valence-corrected chi connectivity index (χ4v) is 3.18. The lowest BCUT2D eigenvalue weighted by Crippen LogP contribution is -2.36. The molecule has 1 saturated carbocycles. The van der Waals surface area contributed by atoms with Crippen LogP contribution in [-0.4, -0.2) is 9.55 Å². The molecule has 1 aliphatic carbocycles. The molecule has 0 aliphatic heterocycles. The number of rotatable bonds is 2. The summed E-state index contributed by atoms with van der Waals surface area (Å²) in [7, 11) is 0. The van der Waals surface area contributed by atoms with Gasteiger partial charge in [0.2, 0.25) is 0 Å². The third-order valence-electron chi connectivity index (χ3n) is 4.11. The minimum atomic E-state index is -0.347. The first-order valence-corrected chi connectivity index (χ1v) is 6.98. The summed E-state index contributed by atoms with van der Waals surface area (Å²) in [6.07, 6.45) is 4.22. The van der Waals surface area contributed by atoms with Gasteiger partial charge in [-0.25, -0.2) is 9.37 Å². The van der Waals surface area contributed by atoms with E-state index in [-0.39, 0.29) is 17.4 Å². The summed E-state index contributed by atoms with van der Waals surface area (Å²) in [5.74, 6) is 0.672. The minimum absolute atomic E-state index is 0.245. The SMILES string of the molecule is CC(C)n1c(C2(N)CCCC2)nc2cc(F)ccc21. The lowest BCUT2D eigenvalue weighted by atomic mass is 9.98. The number of aromatic nitrogens is 2. The molecule has 1 aliphatic rings. The van der Waals surface area contributed by atoms with E-state index in [1.54, 1.807) is 6.07 Å². The smallest absolute Gasteiger partial charge is 0.130 e. The maximum Gasteiger partial charge on any atom is 0.130 e. The fraction of sp³-hybridized carbons (Fsp3) is 0.533. The van der Waals surface area contributed by atoms with Crippen LogP contribution in [0.3, 0.4) is 0 Å². The number of benzene rings is 1. The summed E-state index contributed by atoms with van der Waals surface area (Å²) >= 11 is 0. The van der Waals surface area contributed by atoms with Crippen molar-refractivity contribution in [2.45, 2.75) is 51.1 Å². The first-order chi connectivity index (χ1) is 9.01. The lowest BCUT2D eigenvalue weighted by Gasteiger charge is -2.26. The van der Waals surface area contributed by atoms with Crippen LogP contribution < -0.4 is 5.73 Å². The molecule has 2 aromatic rings. The van der Waals surface area contributed by atoms with Gasteiger partial charge in [-0.05, 0) is 38.8 Å². The molecule has 0 amide bonds. The minimum Gasteiger partial charge on any atom is -0.324 e. The van der Waals surface area contributed by atoms with Crippen molar-refractivity contribution in [3.05, 3.63) is 29.8 Å². The molecular weight excluding hydrogens is 241 g/mol. The van der Waals surface area contributed by atoms with Gasteiger partial charge >= 0.3 is 0 Å². The number of hydrogen-bond acceptors (Lipinski definition) is 2. The highest BCUT2D eigenvalue weighted by atomic mass is 19.1. The lowest BCUT2D eigenvalue weighted by molar-refractivity contribution is 0.398. The zero-order valence-electron chi connectivity index (χ0n) is 11.5. The van der Waals surface area contributed by atoms with Crippen molar-refractivity contribution in [1.82, 2.24) is 9.55 Å². The topological polar surface area (TPSA) is 43.8 Å². The molecule has 0 unspecified atom stereocenters. The van der Waals surface area contributed by atoms with Crippen LogP contribution in [0, 0.1) is 5.82 Å². The Balaban J connectivity index is 2.25. The molecular formula is C15H20FN3. The molecule has 2 N–H and O–H groups in total. The van der Waals surface area contributed by atoms with Crippen molar-refractivity contribution in [2.75, 3.05) is 0 Å². The number of nitrogens with two attached hydrogens (primary N) is 1. The number of nitrogens with zero attached hydrogens (tertiary/aromatic N) is 2. The van der Waals surface area contributed by atoms with E-state index in [1.165, 1.54) is 12.1 Å². The molecule has 4 heteroatoms. The van der Waals surface area contributed by atoms with Gasteiger partial charge in [0, 0.05) is 12.1 Å². The van der Waals surface area contributed by atoms with Crippen LogP contribution in [0.4, 0.5) is 4.39 Å². The van der Waals surface area contributed by atoms with Crippen LogP contribution in [0.2, 0.25) is 0 Å². The molecule has 102 valence electrons. The van der Waals surface area contributed by atoms with Crippen LogP contribution in [-0.2, 0) is 5.54 Å². The van der Waals surface area contributed by atoms with Crippen LogP contribution >= 0.6 is 0 Å². The largest absolute Gasteiger partial charge is 0.324 e. The monoisotopic (exact) mass is 261 g/mol. The van der Waals surface area contributed by atoms with E-state index in [0.29, 0.717) is 5.52 Å². The van der Waals surface area contributed by atoms with E-state index in [4.69, 9.17) is 5.73 Å². The Morgan fingerprint density at radius 1 is 1.32 bits per heavy atom. The molecule has 0 saturated heterocycles. The summed E-state index contributed by atoms with van der Waals surface area (Å²) in [6, 6.07) is 5.06. The Labute approximate surface area is 112 Å². The summed E-state index contributed by atoms with van der Waals surface area (Å²) in [4.78, 5) is 4.65. The fourth-order valence-electron chi connectivity index (χ4n) is 3.18. The van der Waals surface area contributed by atoms with Crippen molar-refractivity contribution >= 4 is 11.0 Å². The first-order valence-electron chi connectivity index (χ1n) is 6.98. The normalized spacial score (nSPS) is 18.6. The van der Waals surface area contributed by atoms with Crippen molar-refractivity contribution in [3.63, 3.8) is 0 Å². The van der Waals surface area contributed by atoms with E-state index in [2.05, 4.69) is 23.4 Å². The average Bonchev–Trinajstić information content (AvgIpc) is 2.93. The molecule has 19 heavy (non-hydrogen) atoms. The van der Waals surface area contributed by atoms with E-state index in [0.717, 1.165) is 37.0 Å². The quantitative estimate of drug-likeness (QED) is 0.899. The zero-order chi connectivity index (χ0) is 13.6. The molecule has 0 spiro atoms. The van der Waals surface area contributed by atoms with Crippen LogP contribution in [0.5, 0.6) is 0 Å². The molecule has 0 radical (unpaired) electrons. The van der Waals surface area contributed by atoms with Gasteiger partial charge < -0.3 is 10.3 Å². The van der Waals surface area contributed by atoms with E-state index in [1.807, 2.05) is 0 Å².